The number of quaternary nitrogens is 1. The Labute approximate surface area is 233 Å². The molecule has 224 valence electrons. The van der Waals surface area contributed by atoms with Gasteiger partial charge in [0.2, 0.25) is 0 Å². The standard InChI is InChI=1S/C31H59NO6/c1-5-9-10-11-12-13-14-15-16-17-18-19-20-21-22-32(23-26(6-2)29(33)34,24-27(7-3)30(35)36)25-28(8-4)31(37)38/h26-28H,5-25H2,1-4H3,(H2-,33,34,35,36,37,38). The second-order valence-electron chi connectivity index (χ2n) is 11.5. The third-order valence-corrected chi connectivity index (χ3v) is 8.32. The zero-order valence-electron chi connectivity index (χ0n) is 25.1. The number of hydrogen-bond donors (Lipinski definition) is 2. The van der Waals surface area contributed by atoms with E-state index in [4.69, 9.17) is 0 Å². The SMILES string of the molecule is CCCCCCCCCCCCCCCC[N+](CC(CC)C(=O)[O-])(CC(CC)C(=O)O)CC(CC)C(=O)O. The first kappa shape index (κ1) is 36.4. The topological polar surface area (TPSA) is 115 Å². The van der Waals surface area contributed by atoms with Crippen LogP contribution in [0.2, 0.25) is 0 Å². The van der Waals surface area contributed by atoms with Crippen LogP contribution in [0.5, 0.6) is 0 Å². The minimum absolute atomic E-state index is 0.223. The molecule has 0 aliphatic carbocycles. The summed E-state index contributed by atoms with van der Waals surface area (Å²) >= 11 is 0. The summed E-state index contributed by atoms with van der Waals surface area (Å²) in [5, 5.41) is 31.4. The van der Waals surface area contributed by atoms with Crippen LogP contribution in [0.4, 0.5) is 0 Å². The van der Waals surface area contributed by atoms with Gasteiger partial charge in [-0.1, -0.05) is 105 Å². The number of nitrogens with zero attached hydrogens (tertiary/aromatic N) is 1. The molecule has 0 amide bonds. The Hall–Kier alpha value is -1.63. The van der Waals surface area contributed by atoms with Crippen LogP contribution in [-0.2, 0) is 14.4 Å². The molecule has 0 aliphatic heterocycles. The normalized spacial score (nSPS) is 15.5. The minimum atomic E-state index is -1.14. The van der Waals surface area contributed by atoms with Gasteiger partial charge in [0, 0.05) is 5.92 Å². The quantitative estimate of drug-likeness (QED) is 0.0934. The predicted molar refractivity (Wildman–Crippen MR) is 152 cm³/mol. The van der Waals surface area contributed by atoms with Crippen LogP contribution in [0.15, 0.2) is 0 Å². The molecule has 38 heavy (non-hydrogen) atoms. The Kier molecular flexibility index (Phi) is 21.3. The van der Waals surface area contributed by atoms with E-state index < -0.39 is 35.7 Å². The van der Waals surface area contributed by atoms with E-state index in [1.165, 1.54) is 70.6 Å². The Balaban J connectivity index is 4.98. The average molecular weight is 542 g/mol. The maximum Gasteiger partial charge on any atom is 0.312 e. The van der Waals surface area contributed by atoms with Crippen LogP contribution in [0.1, 0.15) is 137 Å². The fourth-order valence-electron chi connectivity index (χ4n) is 5.68. The first-order valence-electron chi connectivity index (χ1n) is 15.7. The van der Waals surface area contributed by atoms with E-state index in [2.05, 4.69) is 6.92 Å². The van der Waals surface area contributed by atoms with Crippen LogP contribution >= 0.6 is 0 Å². The lowest BCUT2D eigenvalue weighted by molar-refractivity contribution is -0.935. The van der Waals surface area contributed by atoms with Gasteiger partial charge in [0.25, 0.3) is 0 Å². The van der Waals surface area contributed by atoms with Gasteiger partial charge in [-0.15, -0.1) is 0 Å². The number of unbranched alkanes of at least 4 members (excludes halogenated alkanes) is 13. The van der Waals surface area contributed by atoms with Crippen molar-refractivity contribution in [3.05, 3.63) is 0 Å². The molecule has 0 aromatic heterocycles. The van der Waals surface area contributed by atoms with E-state index >= 15 is 0 Å². The highest BCUT2D eigenvalue weighted by Gasteiger charge is 2.39. The number of carboxylic acids is 3. The van der Waals surface area contributed by atoms with Gasteiger partial charge in [0.1, 0.15) is 11.8 Å². The van der Waals surface area contributed by atoms with Gasteiger partial charge < -0.3 is 24.6 Å². The van der Waals surface area contributed by atoms with Gasteiger partial charge in [-0.2, -0.15) is 0 Å². The number of carboxylic acid groups (broad SMARTS) is 3. The largest absolute Gasteiger partial charge is 0.550 e. The third-order valence-electron chi connectivity index (χ3n) is 8.32. The zero-order valence-corrected chi connectivity index (χ0v) is 25.1. The van der Waals surface area contributed by atoms with Crippen LogP contribution in [0, 0.1) is 17.8 Å². The number of rotatable bonds is 27. The summed E-state index contributed by atoms with van der Waals surface area (Å²) < 4.78 is 0.223. The van der Waals surface area contributed by atoms with E-state index in [1.807, 2.05) is 13.8 Å². The Morgan fingerprint density at radius 2 is 0.868 bits per heavy atom. The predicted octanol–water partition coefficient (Wildman–Crippen LogP) is 6.28. The van der Waals surface area contributed by atoms with Crippen LogP contribution in [-0.4, -0.2) is 58.8 Å². The monoisotopic (exact) mass is 541 g/mol. The smallest absolute Gasteiger partial charge is 0.312 e. The van der Waals surface area contributed by atoms with Crippen molar-refractivity contribution in [2.75, 3.05) is 26.2 Å². The van der Waals surface area contributed by atoms with Crippen molar-refractivity contribution < 1.29 is 34.2 Å². The lowest BCUT2D eigenvalue weighted by Gasteiger charge is -2.44. The van der Waals surface area contributed by atoms with Gasteiger partial charge in [-0.25, -0.2) is 0 Å². The molecule has 0 saturated carbocycles. The molecule has 7 heteroatoms. The minimum Gasteiger partial charge on any atom is -0.550 e. The molecule has 0 radical (unpaired) electrons. The second-order valence-corrected chi connectivity index (χ2v) is 11.5. The molecule has 0 aromatic rings. The number of carbonyl (C=O) groups excluding carboxylic acids is 1. The lowest BCUT2D eigenvalue weighted by atomic mass is 9.95. The van der Waals surface area contributed by atoms with Crippen molar-refractivity contribution in [2.24, 2.45) is 17.8 Å². The summed E-state index contributed by atoms with van der Waals surface area (Å²) in [5.74, 6) is -4.93. The van der Waals surface area contributed by atoms with E-state index in [1.54, 1.807) is 6.92 Å². The molecule has 3 unspecified atom stereocenters. The molecule has 7 nitrogen and oxygen atoms in total. The molecular formula is C31H59NO6. The van der Waals surface area contributed by atoms with Gasteiger partial charge in [0.15, 0.2) is 0 Å². The van der Waals surface area contributed by atoms with Gasteiger partial charge in [-0.3, -0.25) is 9.59 Å². The second kappa shape index (κ2) is 22.2. The summed E-state index contributed by atoms with van der Waals surface area (Å²) in [5.41, 5.74) is 0. The summed E-state index contributed by atoms with van der Waals surface area (Å²) in [6.45, 7) is 9.05. The van der Waals surface area contributed by atoms with Gasteiger partial charge >= 0.3 is 11.9 Å². The van der Waals surface area contributed by atoms with Crippen molar-refractivity contribution in [1.82, 2.24) is 0 Å². The zero-order chi connectivity index (χ0) is 28.8. The number of carbonyl (C=O) groups is 3. The molecule has 0 aromatic carbocycles. The van der Waals surface area contributed by atoms with Crippen LogP contribution in [0.3, 0.4) is 0 Å². The first-order valence-corrected chi connectivity index (χ1v) is 15.7. The van der Waals surface area contributed by atoms with Crippen molar-refractivity contribution in [1.29, 1.82) is 0 Å². The molecule has 0 heterocycles. The van der Waals surface area contributed by atoms with Crippen molar-refractivity contribution in [3.8, 4) is 0 Å². The Bertz CT molecular complexity index is 578. The lowest BCUT2D eigenvalue weighted by Crippen LogP contribution is -2.59. The molecule has 0 saturated heterocycles. The van der Waals surface area contributed by atoms with E-state index in [0.29, 0.717) is 25.8 Å². The molecule has 2 N–H and O–H groups in total. The molecule has 0 aliphatic rings. The summed E-state index contributed by atoms with van der Waals surface area (Å²) in [6, 6.07) is 0. The highest BCUT2D eigenvalue weighted by atomic mass is 16.4. The van der Waals surface area contributed by atoms with Crippen LogP contribution < -0.4 is 5.11 Å². The Morgan fingerprint density at radius 1 is 0.553 bits per heavy atom. The summed E-state index contributed by atoms with van der Waals surface area (Å²) in [4.78, 5) is 35.7. The summed E-state index contributed by atoms with van der Waals surface area (Å²) in [7, 11) is 0. The third kappa shape index (κ3) is 16.4. The van der Waals surface area contributed by atoms with E-state index in [0.717, 1.165) is 19.3 Å². The van der Waals surface area contributed by atoms with E-state index in [-0.39, 0.29) is 24.1 Å². The van der Waals surface area contributed by atoms with Gasteiger partial charge in [0.05, 0.1) is 32.1 Å². The van der Waals surface area contributed by atoms with Crippen molar-refractivity contribution >= 4 is 17.9 Å². The molecule has 3 atom stereocenters. The van der Waals surface area contributed by atoms with Crippen LogP contribution in [0.25, 0.3) is 0 Å². The molecule has 0 fully saturated rings. The molecule has 0 spiro atoms. The molecule has 0 bridgehead atoms. The Morgan fingerprint density at radius 3 is 1.16 bits per heavy atom. The first-order chi connectivity index (χ1) is 18.2. The number of aliphatic carboxylic acids is 3. The fraction of sp³-hybridized carbons (Fsp3) is 0.903. The van der Waals surface area contributed by atoms with Crippen molar-refractivity contribution in [3.63, 3.8) is 0 Å². The average Bonchev–Trinajstić information content (AvgIpc) is 2.88. The maximum absolute atomic E-state index is 11.9. The highest BCUT2D eigenvalue weighted by molar-refractivity contribution is 5.70. The molecule has 0 rings (SSSR count). The summed E-state index contributed by atoms with van der Waals surface area (Å²) in [6.07, 6.45) is 18.6. The van der Waals surface area contributed by atoms with Gasteiger partial charge in [-0.05, 0) is 32.1 Å². The number of hydrogen-bond acceptors (Lipinski definition) is 4. The maximum atomic E-state index is 11.9. The fourth-order valence-corrected chi connectivity index (χ4v) is 5.68. The van der Waals surface area contributed by atoms with E-state index in [9.17, 15) is 29.7 Å². The highest BCUT2D eigenvalue weighted by Crippen LogP contribution is 2.25. The van der Waals surface area contributed by atoms with Crippen molar-refractivity contribution in [2.45, 2.75) is 137 Å². The molecular weight excluding hydrogens is 482 g/mol.